The molecule has 5 nitrogen and oxygen atoms in total. The molecular formula is C25H23BrCl2N4O. The van der Waals surface area contributed by atoms with Crippen molar-refractivity contribution in [3.05, 3.63) is 90.1 Å². The Balaban J connectivity index is 1.86. The van der Waals surface area contributed by atoms with Gasteiger partial charge in [-0.05, 0) is 56.7 Å². The average molecular weight is 546 g/mol. The fourth-order valence-electron chi connectivity index (χ4n) is 3.85. The van der Waals surface area contributed by atoms with Gasteiger partial charge in [0, 0.05) is 27.3 Å². The quantitative estimate of drug-likeness (QED) is 0.247. The lowest BCUT2D eigenvalue weighted by Crippen LogP contribution is -2.23. The summed E-state index contributed by atoms with van der Waals surface area (Å²) in [6.07, 6.45) is 2.54. The minimum atomic E-state index is -0.195. The maximum atomic E-state index is 13.4. The molecule has 0 N–H and O–H groups in total. The topological polar surface area (TPSA) is 52.2 Å². The van der Waals surface area contributed by atoms with Crippen LogP contribution in [0.4, 0.5) is 0 Å². The van der Waals surface area contributed by atoms with Crippen molar-refractivity contribution in [3.63, 3.8) is 0 Å². The number of nitrogens with zero attached hydrogens (tertiary/aromatic N) is 4. The van der Waals surface area contributed by atoms with E-state index in [2.05, 4.69) is 28.0 Å². The van der Waals surface area contributed by atoms with E-state index < -0.39 is 0 Å². The van der Waals surface area contributed by atoms with E-state index in [9.17, 15) is 4.79 Å². The molecule has 4 rings (SSSR count). The molecule has 8 heteroatoms. The largest absolute Gasteiger partial charge is 0.316 e. The highest BCUT2D eigenvalue weighted by Crippen LogP contribution is 2.31. The maximum Gasteiger partial charge on any atom is 0.282 e. The zero-order valence-corrected chi connectivity index (χ0v) is 21.8. The Morgan fingerprint density at radius 2 is 1.94 bits per heavy atom. The second-order valence-corrected chi connectivity index (χ2v) is 9.74. The summed E-state index contributed by atoms with van der Waals surface area (Å²) in [6, 6.07) is 13.1. The molecule has 0 bridgehead atoms. The normalized spacial score (nSPS) is 12.7. The highest BCUT2D eigenvalue weighted by molar-refractivity contribution is 9.10. The third kappa shape index (κ3) is 4.39. The molecule has 0 saturated carbocycles. The van der Waals surface area contributed by atoms with Gasteiger partial charge in [0.15, 0.2) is 0 Å². The number of halogens is 3. The summed E-state index contributed by atoms with van der Waals surface area (Å²) in [5.74, 6) is 0.709. The summed E-state index contributed by atoms with van der Waals surface area (Å²) in [5.41, 5.74) is 4.06. The van der Waals surface area contributed by atoms with Gasteiger partial charge >= 0.3 is 0 Å². The van der Waals surface area contributed by atoms with Crippen LogP contribution in [0.2, 0.25) is 10.0 Å². The molecular weight excluding hydrogens is 523 g/mol. The Hall–Kier alpha value is -2.41. The first-order valence-electron chi connectivity index (χ1n) is 10.6. The van der Waals surface area contributed by atoms with Crippen LogP contribution in [0.3, 0.4) is 0 Å². The monoisotopic (exact) mass is 544 g/mol. The summed E-state index contributed by atoms with van der Waals surface area (Å²) < 4.78 is 4.27. The number of hydrogen-bond donors (Lipinski definition) is 0. The second-order valence-electron chi connectivity index (χ2n) is 8.04. The van der Waals surface area contributed by atoms with Gasteiger partial charge in [0.1, 0.15) is 5.82 Å². The minimum Gasteiger partial charge on any atom is -0.316 e. The van der Waals surface area contributed by atoms with E-state index >= 15 is 0 Å². The van der Waals surface area contributed by atoms with Crippen LogP contribution in [0.1, 0.15) is 49.0 Å². The van der Waals surface area contributed by atoms with E-state index in [4.69, 9.17) is 28.2 Å². The predicted octanol–water partition coefficient (Wildman–Crippen LogP) is 7.27. The van der Waals surface area contributed by atoms with Gasteiger partial charge in [-0.1, -0.05) is 59.0 Å². The van der Waals surface area contributed by atoms with Crippen molar-refractivity contribution >= 4 is 56.2 Å². The summed E-state index contributed by atoms with van der Waals surface area (Å²) in [5, 5.41) is 6.11. The van der Waals surface area contributed by atoms with E-state index in [0.717, 1.165) is 33.5 Å². The molecule has 0 amide bonds. The summed E-state index contributed by atoms with van der Waals surface area (Å²) in [4.78, 5) is 18.1. The van der Waals surface area contributed by atoms with Crippen molar-refractivity contribution in [2.75, 3.05) is 0 Å². The third-order valence-electron chi connectivity index (χ3n) is 5.84. The molecule has 0 saturated heterocycles. The van der Waals surface area contributed by atoms with E-state index in [1.165, 1.54) is 4.68 Å². The zero-order valence-electron chi connectivity index (χ0n) is 18.7. The minimum absolute atomic E-state index is 0.0700. The number of hydrogen-bond acceptors (Lipinski definition) is 3. The molecule has 2 aromatic carbocycles. The molecule has 2 heterocycles. The molecule has 0 unspecified atom stereocenters. The van der Waals surface area contributed by atoms with Gasteiger partial charge in [0.05, 0.1) is 32.9 Å². The Bertz CT molecular complexity index is 1460. The second kappa shape index (κ2) is 9.45. The highest BCUT2D eigenvalue weighted by Gasteiger charge is 2.17. The van der Waals surface area contributed by atoms with E-state index in [1.54, 1.807) is 18.3 Å². The van der Waals surface area contributed by atoms with Gasteiger partial charge < -0.3 is 4.57 Å². The molecule has 170 valence electrons. The number of aryl methyl sites for hydroxylation is 1. The Labute approximate surface area is 210 Å². The van der Waals surface area contributed by atoms with Crippen molar-refractivity contribution < 1.29 is 0 Å². The summed E-state index contributed by atoms with van der Waals surface area (Å²) >= 11 is 16.1. The fourth-order valence-corrected chi connectivity index (χ4v) is 4.59. The Kier molecular flexibility index (Phi) is 6.80. The van der Waals surface area contributed by atoms with Gasteiger partial charge in [-0.15, -0.1) is 0 Å². The molecule has 4 aromatic rings. The van der Waals surface area contributed by atoms with Crippen LogP contribution in [0, 0.1) is 13.8 Å². The summed E-state index contributed by atoms with van der Waals surface area (Å²) in [6.45, 7) is 8.09. The van der Waals surface area contributed by atoms with Crippen LogP contribution in [0.25, 0.3) is 16.6 Å². The molecule has 1 atom stereocenters. The standard InChI is InChI=1S/C25H23BrCl2N4O/c1-5-14(2)24-30-21-10-9-18(26)12-19(21)25(33)32(24)29-13-17-11-15(3)31(16(17)4)22-8-6-7-20(27)23(22)28/h6-14H,5H2,1-4H3/t14-/m1/s1. The lowest BCUT2D eigenvalue weighted by molar-refractivity contribution is 0.613. The zero-order chi connectivity index (χ0) is 23.9. The van der Waals surface area contributed by atoms with E-state index in [1.807, 2.05) is 55.7 Å². The van der Waals surface area contributed by atoms with Crippen LogP contribution in [0.5, 0.6) is 0 Å². The van der Waals surface area contributed by atoms with Crippen LogP contribution in [0.15, 0.2) is 56.8 Å². The van der Waals surface area contributed by atoms with Crippen LogP contribution in [-0.2, 0) is 0 Å². The fraction of sp³-hybridized carbons (Fsp3) is 0.240. The molecule has 0 aliphatic rings. The van der Waals surface area contributed by atoms with Gasteiger partial charge in [-0.25, -0.2) is 4.98 Å². The highest BCUT2D eigenvalue weighted by atomic mass is 79.9. The lowest BCUT2D eigenvalue weighted by atomic mass is 10.1. The van der Waals surface area contributed by atoms with Crippen LogP contribution in [-0.4, -0.2) is 20.4 Å². The maximum absolute atomic E-state index is 13.4. The molecule has 2 aromatic heterocycles. The average Bonchev–Trinajstić information content (AvgIpc) is 3.07. The molecule has 33 heavy (non-hydrogen) atoms. The number of benzene rings is 2. The Morgan fingerprint density at radius 3 is 2.67 bits per heavy atom. The lowest BCUT2D eigenvalue weighted by Gasteiger charge is -2.14. The molecule has 0 radical (unpaired) electrons. The van der Waals surface area contributed by atoms with E-state index in [-0.39, 0.29) is 11.5 Å². The van der Waals surface area contributed by atoms with E-state index in [0.29, 0.717) is 26.8 Å². The van der Waals surface area contributed by atoms with Crippen molar-refractivity contribution in [2.24, 2.45) is 5.10 Å². The number of rotatable bonds is 5. The van der Waals surface area contributed by atoms with Crippen molar-refractivity contribution in [1.82, 2.24) is 14.2 Å². The van der Waals surface area contributed by atoms with Crippen LogP contribution < -0.4 is 5.56 Å². The van der Waals surface area contributed by atoms with Crippen molar-refractivity contribution in [3.8, 4) is 5.69 Å². The third-order valence-corrected chi connectivity index (χ3v) is 7.14. The molecule has 0 fully saturated rings. The predicted molar refractivity (Wildman–Crippen MR) is 141 cm³/mol. The number of fused-ring (bicyclic) bond motifs is 1. The first-order valence-corrected chi connectivity index (χ1v) is 12.2. The Morgan fingerprint density at radius 1 is 1.18 bits per heavy atom. The summed E-state index contributed by atoms with van der Waals surface area (Å²) in [7, 11) is 0. The van der Waals surface area contributed by atoms with Gasteiger partial charge in [-0.2, -0.15) is 9.78 Å². The molecule has 0 aliphatic heterocycles. The van der Waals surface area contributed by atoms with Gasteiger partial charge in [-0.3, -0.25) is 4.79 Å². The molecule has 0 aliphatic carbocycles. The smallest absolute Gasteiger partial charge is 0.282 e. The van der Waals surface area contributed by atoms with Gasteiger partial charge in [0.25, 0.3) is 5.56 Å². The first kappa shape index (κ1) is 23.7. The molecule has 0 spiro atoms. The van der Waals surface area contributed by atoms with Crippen molar-refractivity contribution in [1.29, 1.82) is 0 Å². The SMILES string of the molecule is CC[C@@H](C)c1nc2ccc(Br)cc2c(=O)n1N=Cc1cc(C)n(-c2cccc(Cl)c2Cl)c1C. The van der Waals surface area contributed by atoms with Gasteiger partial charge in [0.2, 0.25) is 0 Å². The first-order chi connectivity index (χ1) is 15.7. The van der Waals surface area contributed by atoms with Crippen LogP contribution >= 0.6 is 39.1 Å². The number of aromatic nitrogens is 3. The van der Waals surface area contributed by atoms with Crippen molar-refractivity contribution in [2.45, 2.75) is 40.0 Å².